The van der Waals surface area contributed by atoms with Crippen LogP contribution in [0.25, 0.3) is 0 Å². The van der Waals surface area contributed by atoms with Crippen molar-refractivity contribution in [3.63, 3.8) is 0 Å². The second-order valence-corrected chi connectivity index (χ2v) is 4.32. The molecule has 0 heterocycles. The van der Waals surface area contributed by atoms with E-state index in [1.54, 1.807) is 0 Å². The normalized spacial score (nSPS) is 12.2. The van der Waals surface area contributed by atoms with Gasteiger partial charge < -0.3 is 0 Å². The Labute approximate surface area is 75.7 Å². The Kier molecular flexibility index (Phi) is 2.98. The van der Waals surface area contributed by atoms with E-state index in [1.807, 2.05) is 0 Å². The molecule has 2 N–H and O–H groups in total. The van der Waals surface area contributed by atoms with E-state index >= 15 is 0 Å². The van der Waals surface area contributed by atoms with Crippen molar-refractivity contribution >= 4 is 7.94 Å². The maximum absolute atomic E-state index is 12.9. The molecule has 0 fully saturated rings. The van der Waals surface area contributed by atoms with Crippen LogP contribution in [-0.2, 0) is 0 Å². The van der Waals surface area contributed by atoms with Gasteiger partial charge in [-0.25, -0.2) is 0 Å². The van der Waals surface area contributed by atoms with Crippen LogP contribution < -0.4 is 4.52 Å². The van der Waals surface area contributed by atoms with Crippen molar-refractivity contribution < 1.29 is 18.7 Å². The standard InChI is InChI=1S/C8H10FO3P/c1-2-13(10,11)12-8-6-4-3-5-7(8)9/h2-6,10-11,13H,1H2. The van der Waals surface area contributed by atoms with Crippen molar-refractivity contribution in [2.75, 3.05) is 0 Å². The van der Waals surface area contributed by atoms with Gasteiger partial charge in [0.05, 0.1) is 0 Å². The Balaban J connectivity index is 2.86. The van der Waals surface area contributed by atoms with E-state index in [9.17, 15) is 4.39 Å². The van der Waals surface area contributed by atoms with Crippen molar-refractivity contribution in [1.82, 2.24) is 0 Å². The molecule has 0 atom stereocenters. The van der Waals surface area contributed by atoms with E-state index in [4.69, 9.17) is 9.79 Å². The molecule has 0 radical (unpaired) electrons. The summed E-state index contributed by atoms with van der Waals surface area (Å²) in [7, 11) is -3.93. The first-order valence-electron chi connectivity index (χ1n) is 3.57. The molecule has 0 aliphatic carbocycles. The third kappa shape index (κ3) is 2.77. The van der Waals surface area contributed by atoms with Crippen LogP contribution in [0, 0.1) is 5.82 Å². The quantitative estimate of drug-likeness (QED) is 0.738. The summed E-state index contributed by atoms with van der Waals surface area (Å²) in [6.45, 7) is 3.17. The molecule has 0 unspecified atom stereocenters. The molecular formula is C8H10FO3P. The molecule has 13 heavy (non-hydrogen) atoms. The van der Waals surface area contributed by atoms with Gasteiger partial charge in [0, 0.05) is 0 Å². The second kappa shape index (κ2) is 3.83. The van der Waals surface area contributed by atoms with Gasteiger partial charge in [-0.2, -0.15) is 0 Å². The Morgan fingerprint density at radius 2 is 2.00 bits per heavy atom. The average Bonchev–Trinajstić information content (AvgIpc) is 2.09. The van der Waals surface area contributed by atoms with Gasteiger partial charge in [0.2, 0.25) is 0 Å². The summed E-state index contributed by atoms with van der Waals surface area (Å²) in [5, 5.41) is 0. The molecule has 0 aliphatic rings. The third-order valence-corrected chi connectivity index (χ3v) is 2.41. The molecule has 0 bridgehead atoms. The molecule has 1 rings (SSSR count). The van der Waals surface area contributed by atoms with Crippen molar-refractivity contribution in [1.29, 1.82) is 0 Å². The zero-order chi connectivity index (χ0) is 9.90. The molecule has 0 amide bonds. The minimum absolute atomic E-state index is 0.181. The minimum atomic E-state index is -3.93. The fraction of sp³-hybridized carbons (Fsp3) is 0. The van der Waals surface area contributed by atoms with Crippen molar-refractivity contribution in [2.45, 2.75) is 0 Å². The first-order chi connectivity index (χ1) is 6.05. The zero-order valence-electron chi connectivity index (χ0n) is 6.77. The predicted molar refractivity (Wildman–Crippen MR) is 50.0 cm³/mol. The van der Waals surface area contributed by atoms with Crippen LogP contribution in [0.15, 0.2) is 36.7 Å². The zero-order valence-corrected chi connectivity index (χ0v) is 7.77. The van der Waals surface area contributed by atoms with Crippen molar-refractivity contribution in [2.24, 2.45) is 0 Å². The summed E-state index contributed by atoms with van der Waals surface area (Å²) in [6.07, 6.45) is 0. The fourth-order valence-electron chi connectivity index (χ4n) is 0.731. The molecule has 3 nitrogen and oxygen atoms in total. The van der Waals surface area contributed by atoms with Crippen molar-refractivity contribution in [3.8, 4) is 5.75 Å². The summed E-state index contributed by atoms with van der Waals surface area (Å²) >= 11 is 0. The number of hydrogen-bond acceptors (Lipinski definition) is 3. The van der Waals surface area contributed by atoms with Gasteiger partial charge in [-0.15, -0.1) is 0 Å². The van der Waals surface area contributed by atoms with Crippen molar-refractivity contribution in [3.05, 3.63) is 42.5 Å². The number of benzene rings is 1. The van der Waals surface area contributed by atoms with Crippen LogP contribution in [0.3, 0.4) is 0 Å². The summed E-state index contributed by atoms with van der Waals surface area (Å²) in [6, 6.07) is 5.50. The van der Waals surface area contributed by atoms with E-state index in [0.717, 1.165) is 5.82 Å². The summed E-state index contributed by atoms with van der Waals surface area (Å²) in [4.78, 5) is 18.2. The molecule has 1 aromatic carbocycles. The van der Waals surface area contributed by atoms with Gasteiger partial charge in [0.15, 0.2) is 0 Å². The summed E-state index contributed by atoms with van der Waals surface area (Å²) in [5.74, 6) is 0.0720. The second-order valence-electron chi connectivity index (χ2n) is 2.40. The van der Waals surface area contributed by atoms with Crippen LogP contribution in [0.2, 0.25) is 0 Å². The van der Waals surface area contributed by atoms with Crippen LogP contribution in [0.4, 0.5) is 4.39 Å². The molecule has 0 aromatic heterocycles. The van der Waals surface area contributed by atoms with E-state index < -0.39 is 13.8 Å². The average molecular weight is 204 g/mol. The fourth-order valence-corrected chi connectivity index (χ4v) is 1.30. The first kappa shape index (κ1) is 10.1. The molecule has 0 saturated carbocycles. The summed E-state index contributed by atoms with van der Waals surface area (Å²) in [5.41, 5.74) is 0. The topological polar surface area (TPSA) is 49.7 Å². The summed E-state index contributed by atoms with van der Waals surface area (Å²) < 4.78 is 17.5. The molecule has 0 spiro atoms. The van der Waals surface area contributed by atoms with Gasteiger partial charge in [-0.05, 0) is 0 Å². The van der Waals surface area contributed by atoms with E-state index in [0.29, 0.717) is 0 Å². The van der Waals surface area contributed by atoms with E-state index in [2.05, 4.69) is 11.1 Å². The van der Waals surface area contributed by atoms with Gasteiger partial charge in [-0.1, -0.05) is 0 Å². The number of hydrogen-bond donors (Lipinski definition) is 2. The first-order valence-corrected chi connectivity index (χ1v) is 5.45. The SMILES string of the molecule is C=C[PH](O)(O)Oc1ccccc1F. The van der Waals surface area contributed by atoms with Gasteiger partial charge in [0.1, 0.15) is 0 Å². The van der Waals surface area contributed by atoms with Crippen LogP contribution in [0.1, 0.15) is 0 Å². The van der Waals surface area contributed by atoms with Gasteiger partial charge >= 0.3 is 74.9 Å². The van der Waals surface area contributed by atoms with E-state index in [1.165, 1.54) is 24.3 Å². The number of rotatable bonds is 3. The Hall–Kier alpha value is -0.960. The monoisotopic (exact) mass is 204 g/mol. The Bertz CT molecular complexity index is 314. The molecular weight excluding hydrogens is 194 g/mol. The van der Waals surface area contributed by atoms with E-state index in [-0.39, 0.29) is 5.75 Å². The molecule has 0 aliphatic heterocycles. The van der Waals surface area contributed by atoms with Gasteiger partial charge in [0.25, 0.3) is 0 Å². The molecule has 5 heteroatoms. The van der Waals surface area contributed by atoms with Crippen LogP contribution in [0.5, 0.6) is 5.75 Å². The third-order valence-electron chi connectivity index (χ3n) is 1.36. The predicted octanol–water partition coefficient (Wildman–Crippen LogP) is 1.83. The van der Waals surface area contributed by atoms with Gasteiger partial charge in [-0.3, -0.25) is 0 Å². The Morgan fingerprint density at radius 1 is 1.38 bits per heavy atom. The number of halogens is 1. The van der Waals surface area contributed by atoms with Crippen LogP contribution >= 0.6 is 7.94 Å². The maximum atomic E-state index is 12.9. The molecule has 72 valence electrons. The van der Waals surface area contributed by atoms with Crippen LogP contribution in [-0.4, -0.2) is 9.79 Å². The molecule has 1 aromatic rings. The Morgan fingerprint density at radius 3 is 2.54 bits per heavy atom. The molecule has 0 saturated heterocycles. The number of para-hydroxylation sites is 1.